The molecular formula is C13H5BrF6O2. The summed E-state index contributed by atoms with van der Waals surface area (Å²) < 4.78 is 81.6. The molecule has 0 aliphatic rings. The molecule has 0 saturated heterocycles. The van der Waals surface area contributed by atoms with Crippen LogP contribution in [0.15, 0.2) is 33.2 Å². The van der Waals surface area contributed by atoms with Crippen LogP contribution in [0.3, 0.4) is 0 Å². The molecule has 0 N–H and O–H groups in total. The summed E-state index contributed by atoms with van der Waals surface area (Å²) in [5.74, 6) is -0.316. The van der Waals surface area contributed by atoms with Crippen molar-refractivity contribution in [2.24, 2.45) is 0 Å². The zero-order valence-electron chi connectivity index (χ0n) is 10.3. The maximum absolute atomic E-state index is 12.9. The average Bonchev–Trinajstić information content (AvgIpc) is 2.84. The lowest BCUT2D eigenvalue weighted by molar-refractivity contribution is -0.162. The minimum absolute atomic E-state index is 0.157. The van der Waals surface area contributed by atoms with Gasteiger partial charge >= 0.3 is 12.4 Å². The smallest absolute Gasteiger partial charge is 0.417 e. The first-order chi connectivity index (χ1) is 10.0. The van der Waals surface area contributed by atoms with Gasteiger partial charge in [-0.2, -0.15) is 26.3 Å². The summed E-state index contributed by atoms with van der Waals surface area (Å²) in [4.78, 5) is 10.5. The number of carbonyl (C=O) groups is 1. The van der Waals surface area contributed by atoms with Crippen LogP contribution < -0.4 is 0 Å². The molecule has 2 aromatic rings. The molecule has 0 saturated carbocycles. The number of carbonyl (C=O) groups excluding carboxylic acids is 1. The Labute approximate surface area is 127 Å². The number of furan rings is 1. The predicted molar refractivity (Wildman–Crippen MR) is 67.2 cm³/mol. The van der Waals surface area contributed by atoms with Crippen molar-refractivity contribution in [2.45, 2.75) is 12.4 Å². The molecule has 0 unspecified atom stereocenters. The summed E-state index contributed by atoms with van der Waals surface area (Å²) in [6.07, 6.45) is -10.0. The second-order valence-electron chi connectivity index (χ2n) is 4.19. The molecule has 1 aromatic heterocycles. The molecule has 0 amide bonds. The van der Waals surface area contributed by atoms with Gasteiger partial charge in [0.1, 0.15) is 5.76 Å². The Morgan fingerprint density at radius 2 is 1.50 bits per heavy atom. The molecule has 0 aliphatic carbocycles. The zero-order valence-corrected chi connectivity index (χ0v) is 11.9. The van der Waals surface area contributed by atoms with Crippen LogP contribution in [0.25, 0.3) is 11.3 Å². The highest BCUT2D eigenvalue weighted by Crippen LogP contribution is 2.44. The van der Waals surface area contributed by atoms with Crippen LogP contribution in [0.1, 0.15) is 21.7 Å². The molecule has 1 aromatic carbocycles. The fourth-order valence-electron chi connectivity index (χ4n) is 1.79. The Bertz CT molecular complexity index is 714. The molecular weight excluding hydrogens is 382 g/mol. The topological polar surface area (TPSA) is 30.2 Å². The SMILES string of the molecule is O=Cc1ccc(-c2cc(C(F)(F)F)c(C(F)(F)F)cc2Br)o1. The molecule has 2 nitrogen and oxygen atoms in total. The zero-order chi connectivity index (χ0) is 16.7. The maximum Gasteiger partial charge on any atom is 0.417 e. The van der Waals surface area contributed by atoms with Gasteiger partial charge < -0.3 is 4.42 Å². The number of hydrogen-bond donors (Lipinski definition) is 0. The van der Waals surface area contributed by atoms with E-state index >= 15 is 0 Å². The first kappa shape index (κ1) is 16.6. The van der Waals surface area contributed by atoms with E-state index in [4.69, 9.17) is 4.42 Å². The molecule has 2 rings (SSSR count). The average molecular weight is 387 g/mol. The summed E-state index contributed by atoms with van der Waals surface area (Å²) in [7, 11) is 0. The first-order valence-electron chi connectivity index (χ1n) is 5.57. The summed E-state index contributed by atoms with van der Waals surface area (Å²) in [5, 5.41) is 0. The highest BCUT2D eigenvalue weighted by molar-refractivity contribution is 9.10. The van der Waals surface area contributed by atoms with Gasteiger partial charge in [-0.1, -0.05) is 15.9 Å². The van der Waals surface area contributed by atoms with Crippen molar-refractivity contribution in [3.8, 4) is 11.3 Å². The number of benzene rings is 1. The minimum Gasteiger partial charge on any atom is -0.453 e. The number of aldehydes is 1. The van der Waals surface area contributed by atoms with Crippen LogP contribution >= 0.6 is 15.9 Å². The fourth-order valence-corrected chi connectivity index (χ4v) is 2.33. The van der Waals surface area contributed by atoms with E-state index in [0.29, 0.717) is 18.4 Å². The van der Waals surface area contributed by atoms with E-state index in [-0.39, 0.29) is 21.6 Å². The van der Waals surface area contributed by atoms with Crippen molar-refractivity contribution in [3.05, 3.63) is 45.6 Å². The van der Waals surface area contributed by atoms with E-state index in [1.807, 2.05) is 0 Å². The molecule has 0 spiro atoms. The molecule has 9 heteroatoms. The van der Waals surface area contributed by atoms with Gasteiger partial charge in [0.05, 0.1) is 11.1 Å². The molecule has 0 aliphatic heterocycles. The van der Waals surface area contributed by atoms with E-state index in [1.165, 1.54) is 12.1 Å². The lowest BCUT2D eigenvalue weighted by Gasteiger charge is -2.17. The lowest BCUT2D eigenvalue weighted by Crippen LogP contribution is -2.16. The number of halogens is 7. The highest BCUT2D eigenvalue weighted by Gasteiger charge is 2.43. The first-order valence-corrected chi connectivity index (χ1v) is 6.36. The summed E-state index contributed by atoms with van der Waals surface area (Å²) in [6.45, 7) is 0. The summed E-state index contributed by atoms with van der Waals surface area (Å²) in [5.41, 5.74) is -3.88. The van der Waals surface area contributed by atoms with E-state index in [2.05, 4.69) is 15.9 Å². The highest BCUT2D eigenvalue weighted by atomic mass is 79.9. The van der Waals surface area contributed by atoms with Crippen LogP contribution in [0, 0.1) is 0 Å². The lowest BCUT2D eigenvalue weighted by atomic mass is 10.0. The fraction of sp³-hybridized carbons (Fsp3) is 0.154. The second kappa shape index (κ2) is 5.45. The van der Waals surface area contributed by atoms with Crippen molar-refractivity contribution in [3.63, 3.8) is 0 Å². The molecule has 22 heavy (non-hydrogen) atoms. The van der Waals surface area contributed by atoms with Crippen LogP contribution in [-0.2, 0) is 12.4 Å². The van der Waals surface area contributed by atoms with Gasteiger partial charge in [0.2, 0.25) is 0 Å². The number of hydrogen-bond acceptors (Lipinski definition) is 2. The van der Waals surface area contributed by atoms with Gasteiger partial charge in [-0.15, -0.1) is 0 Å². The van der Waals surface area contributed by atoms with Gasteiger partial charge in [0.15, 0.2) is 12.0 Å². The third-order valence-corrected chi connectivity index (χ3v) is 3.38. The van der Waals surface area contributed by atoms with Gasteiger partial charge in [-0.05, 0) is 24.3 Å². The van der Waals surface area contributed by atoms with Crippen LogP contribution in [-0.4, -0.2) is 6.29 Å². The van der Waals surface area contributed by atoms with Crippen molar-refractivity contribution >= 4 is 22.2 Å². The Balaban J connectivity index is 2.70. The third-order valence-electron chi connectivity index (χ3n) is 2.73. The Hall–Kier alpha value is -1.77. The van der Waals surface area contributed by atoms with Crippen LogP contribution in [0.5, 0.6) is 0 Å². The predicted octanol–water partition coefficient (Wildman–Crippen LogP) is 5.56. The molecule has 0 bridgehead atoms. The minimum atomic E-state index is -5.19. The second-order valence-corrected chi connectivity index (χ2v) is 5.05. The van der Waals surface area contributed by atoms with Crippen molar-refractivity contribution < 1.29 is 35.6 Å². The van der Waals surface area contributed by atoms with Gasteiger partial charge in [-0.25, -0.2) is 0 Å². The summed E-state index contributed by atoms with van der Waals surface area (Å²) in [6, 6.07) is 3.05. The normalized spacial score (nSPS) is 12.5. The van der Waals surface area contributed by atoms with Crippen LogP contribution in [0.4, 0.5) is 26.3 Å². The molecule has 0 radical (unpaired) electrons. The summed E-state index contributed by atoms with van der Waals surface area (Å²) >= 11 is 2.79. The van der Waals surface area contributed by atoms with Crippen molar-refractivity contribution in [1.82, 2.24) is 0 Å². The Morgan fingerprint density at radius 1 is 0.955 bits per heavy atom. The number of alkyl halides is 6. The van der Waals surface area contributed by atoms with Gasteiger partial charge in [0, 0.05) is 10.0 Å². The largest absolute Gasteiger partial charge is 0.453 e. The Kier molecular flexibility index (Phi) is 4.12. The van der Waals surface area contributed by atoms with E-state index < -0.39 is 23.5 Å². The molecule has 0 fully saturated rings. The molecule has 1 heterocycles. The van der Waals surface area contributed by atoms with Gasteiger partial charge in [0.25, 0.3) is 0 Å². The van der Waals surface area contributed by atoms with E-state index in [1.54, 1.807) is 0 Å². The molecule has 0 atom stereocenters. The monoisotopic (exact) mass is 386 g/mol. The molecule has 118 valence electrons. The number of rotatable bonds is 2. The van der Waals surface area contributed by atoms with E-state index in [0.717, 1.165) is 0 Å². The van der Waals surface area contributed by atoms with Crippen LogP contribution in [0.2, 0.25) is 0 Å². The Morgan fingerprint density at radius 3 is 1.95 bits per heavy atom. The quantitative estimate of drug-likeness (QED) is 0.499. The standard InChI is InChI=1S/C13H5BrF6O2/c14-10-4-9(13(18,19)20)8(12(15,16)17)3-7(10)11-2-1-6(5-21)22-11/h1-5H. The third kappa shape index (κ3) is 3.18. The van der Waals surface area contributed by atoms with Crippen molar-refractivity contribution in [2.75, 3.05) is 0 Å². The van der Waals surface area contributed by atoms with Crippen molar-refractivity contribution in [1.29, 1.82) is 0 Å². The van der Waals surface area contributed by atoms with E-state index in [9.17, 15) is 31.1 Å². The van der Waals surface area contributed by atoms with Gasteiger partial charge in [-0.3, -0.25) is 4.79 Å². The maximum atomic E-state index is 12.9.